The van der Waals surface area contributed by atoms with Crippen molar-refractivity contribution in [2.75, 3.05) is 4.90 Å². The zero-order valence-corrected chi connectivity index (χ0v) is 33.2. The number of para-hydroxylation sites is 2. The molecule has 0 radical (unpaired) electrons. The van der Waals surface area contributed by atoms with E-state index in [1.165, 1.54) is 83.1 Å². The maximum Gasteiger partial charge on any atom is 0.0583 e. The fraction of sp³-hybridized carbons (Fsp3) is 0.0526. The average Bonchev–Trinajstić information content (AvgIpc) is 3.64. The summed E-state index contributed by atoms with van der Waals surface area (Å²) in [5.41, 5.74) is 18.9. The quantitative estimate of drug-likeness (QED) is 0.157. The second kappa shape index (κ2) is 13.9. The fourth-order valence-electron chi connectivity index (χ4n) is 9.40. The maximum absolute atomic E-state index is 2.51. The van der Waals surface area contributed by atoms with E-state index in [4.69, 9.17) is 0 Å². The van der Waals surface area contributed by atoms with Crippen LogP contribution in [-0.4, -0.2) is 4.57 Å². The van der Waals surface area contributed by atoms with E-state index in [1.54, 1.807) is 0 Å². The van der Waals surface area contributed by atoms with Gasteiger partial charge < -0.3 is 9.47 Å². The molecule has 1 aliphatic heterocycles. The summed E-state index contributed by atoms with van der Waals surface area (Å²) < 4.78 is 2.50. The standard InChI is InChI=1S/C57H42N2/c1-57(2)52-28-16-18-30-55(52)59-54-29-17-15-27-50(54)51-37-49(38-53(57)56(51)59)58(47-33-43(39-19-7-3-8-20-39)31-44(34-47)40-21-9-4-10-22-40)48-35-45(41-23-11-5-12-24-41)32-46(36-48)42-25-13-6-14-26-42/h3-38H,1-2H3. The first kappa shape index (κ1) is 34.8. The zero-order chi connectivity index (χ0) is 39.5. The number of nitrogens with zero attached hydrogens (tertiary/aromatic N) is 2. The lowest BCUT2D eigenvalue weighted by atomic mass is 9.74. The summed E-state index contributed by atoms with van der Waals surface area (Å²) in [5, 5.41) is 2.51. The van der Waals surface area contributed by atoms with E-state index in [2.05, 4.69) is 242 Å². The van der Waals surface area contributed by atoms with Crippen LogP contribution in [0.2, 0.25) is 0 Å². The molecular formula is C57H42N2. The number of benzene rings is 9. The van der Waals surface area contributed by atoms with Gasteiger partial charge in [-0.25, -0.2) is 0 Å². The van der Waals surface area contributed by atoms with E-state index in [-0.39, 0.29) is 5.41 Å². The summed E-state index contributed by atoms with van der Waals surface area (Å²) in [6.07, 6.45) is 0. The van der Waals surface area contributed by atoms with E-state index in [9.17, 15) is 0 Å². The van der Waals surface area contributed by atoms with Crippen LogP contribution in [0.5, 0.6) is 0 Å². The summed E-state index contributed by atoms with van der Waals surface area (Å²) in [7, 11) is 0. The van der Waals surface area contributed by atoms with E-state index in [0.717, 1.165) is 17.1 Å². The Morgan fingerprint density at radius 1 is 0.339 bits per heavy atom. The molecule has 1 aromatic heterocycles. The highest BCUT2D eigenvalue weighted by molar-refractivity contribution is 6.13. The lowest BCUT2D eigenvalue weighted by Crippen LogP contribution is -2.26. The highest BCUT2D eigenvalue weighted by atomic mass is 15.1. The van der Waals surface area contributed by atoms with Crippen molar-refractivity contribution < 1.29 is 0 Å². The molecule has 0 aliphatic carbocycles. The van der Waals surface area contributed by atoms with Crippen LogP contribution in [0.25, 0.3) is 72.0 Å². The predicted octanol–water partition coefficient (Wildman–Crippen LogP) is 15.6. The first-order valence-corrected chi connectivity index (χ1v) is 20.5. The average molecular weight is 755 g/mol. The molecule has 2 heterocycles. The van der Waals surface area contributed by atoms with Gasteiger partial charge >= 0.3 is 0 Å². The highest BCUT2D eigenvalue weighted by Crippen LogP contribution is 2.51. The Morgan fingerprint density at radius 2 is 0.746 bits per heavy atom. The van der Waals surface area contributed by atoms with Crippen LogP contribution in [0.1, 0.15) is 25.0 Å². The lowest BCUT2D eigenvalue weighted by Gasteiger charge is -2.36. The molecule has 0 fully saturated rings. The number of hydrogen-bond donors (Lipinski definition) is 0. The third kappa shape index (κ3) is 5.87. The summed E-state index contributed by atoms with van der Waals surface area (Å²) in [6, 6.07) is 80.1. The van der Waals surface area contributed by atoms with Crippen molar-refractivity contribution in [1.29, 1.82) is 0 Å². The number of fused-ring (bicyclic) bond motifs is 5. The van der Waals surface area contributed by atoms with Crippen LogP contribution in [0.3, 0.4) is 0 Å². The molecule has 280 valence electrons. The summed E-state index contributed by atoms with van der Waals surface area (Å²) in [5.74, 6) is 0. The summed E-state index contributed by atoms with van der Waals surface area (Å²) >= 11 is 0. The van der Waals surface area contributed by atoms with Crippen molar-refractivity contribution >= 4 is 38.9 Å². The Balaban J connectivity index is 1.26. The van der Waals surface area contributed by atoms with Gasteiger partial charge in [-0.15, -0.1) is 0 Å². The topological polar surface area (TPSA) is 8.17 Å². The van der Waals surface area contributed by atoms with Crippen LogP contribution in [0.4, 0.5) is 17.1 Å². The van der Waals surface area contributed by atoms with Crippen LogP contribution in [0.15, 0.2) is 218 Å². The Morgan fingerprint density at radius 3 is 1.24 bits per heavy atom. The van der Waals surface area contributed by atoms with E-state index >= 15 is 0 Å². The monoisotopic (exact) mass is 754 g/mol. The molecule has 11 rings (SSSR count). The molecule has 2 nitrogen and oxygen atoms in total. The van der Waals surface area contributed by atoms with Crippen LogP contribution in [-0.2, 0) is 5.41 Å². The van der Waals surface area contributed by atoms with Crippen LogP contribution < -0.4 is 4.90 Å². The molecule has 2 heteroatoms. The van der Waals surface area contributed by atoms with E-state index < -0.39 is 0 Å². The number of rotatable bonds is 7. The normalized spacial score (nSPS) is 12.7. The highest BCUT2D eigenvalue weighted by Gasteiger charge is 2.36. The maximum atomic E-state index is 2.51. The fourth-order valence-corrected chi connectivity index (χ4v) is 9.40. The van der Waals surface area contributed by atoms with Gasteiger partial charge in [0.2, 0.25) is 0 Å². The first-order chi connectivity index (χ1) is 29.0. The Bertz CT molecular complexity index is 2920. The molecule has 0 saturated heterocycles. The Kier molecular flexibility index (Phi) is 8.20. The van der Waals surface area contributed by atoms with Crippen molar-refractivity contribution in [3.05, 3.63) is 230 Å². The molecular weight excluding hydrogens is 713 g/mol. The van der Waals surface area contributed by atoms with Crippen LogP contribution >= 0.6 is 0 Å². The molecule has 0 spiro atoms. The largest absolute Gasteiger partial charge is 0.310 e. The minimum absolute atomic E-state index is 0.261. The molecule has 9 aromatic carbocycles. The number of anilines is 3. The van der Waals surface area contributed by atoms with Crippen LogP contribution in [0, 0.1) is 0 Å². The van der Waals surface area contributed by atoms with Crippen molar-refractivity contribution in [2.24, 2.45) is 0 Å². The van der Waals surface area contributed by atoms with Gasteiger partial charge in [-0.05, 0) is 116 Å². The summed E-state index contributed by atoms with van der Waals surface area (Å²) in [4.78, 5) is 2.51. The molecule has 59 heavy (non-hydrogen) atoms. The SMILES string of the molecule is CC1(C)c2ccccc2-n2c3ccccc3c3cc(N(c4cc(-c5ccccc5)cc(-c5ccccc5)c4)c4cc(-c5ccccc5)cc(-c5ccccc5)c4)cc1c32. The molecule has 0 amide bonds. The molecule has 0 saturated carbocycles. The second-order valence-corrected chi connectivity index (χ2v) is 16.2. The van der Waals surface area contributed by atoms with E-state index in [0.29, 0.717) is 0 Å². The van der Waals surface area contributed by atoms with Gasteiger partial charge in [-0.3, -0.25) is 0 Å². The van der Waals surface area contributed by atoms with Gasteiger partial charge in [0, 0.05) is 33.2 Å². The van der Waals surface area contributed by atoms with Crippen molar-refractivity contribution in [3.8, 4) is 50.2 Å². The minimum atomic E-state index is -0.261. The molecule has 0 atom stereocenters. The van der Waals surface area contributed by atoms with Gasteiger partial charge in [0.1, 0.15) is 0 Å². The zero-order valence-electron chi connectivity index (χ0n) is 33.2. The molecule has 10 aromatic rings. The van der Waals surface area contributed by atoms with Crippen molar-refractivity contribution in [3.63, 3.8) is 0 Å². The van der Waals surface area contributed by atoms with Gasteiger partial charge in [0.05, 0.1) is 16.7 Å². The second-order valence-electron chi connectivity index (χ2n) is 16.2. The molecule has 0 bridgehead atoms. The van der Waals surface area contributed by atoms with Gasteiger partial charge in [-0.2, -0.15) is 0 Å². The van der Waals surface area contributed by atoms with Gasteiger partial charge in [0.25, 0.3) is 0 Å². The predicted molar refractivity (Wildman–Crippen MR) is 249 cm³/mol. The van der Waals surface area contributed by atoms with E-state index in [1.807, 2.05) is 0 Å². The smallest absolute Gasteiger partial charge is 0.0583 e. The first-order valence-electron chi connectivity index (χ1n) is 20.5. The Hall–Kier alpha value is -7.42. The van der Waals surface area contributed by atoms with Crippen molar-refractivity contribution in [2.45, 2.75) is 19.3 Å². The molecule has 0 N–H and O–H groups in total. The molecule has 0 unspecified atom stereocenters. The third-order valence-corrected chi connectivity index (χ3v) is 12.3. The third-order valence-electron chi connectivity index (χ3n) is 12.3. The Labute approximate surface area is 345 Å². The molecule has 1 aliphatic rings. The number of hydrogen-bond acceptors (Lipinski definition) is 1. The number of aromatic nitrogens is 1. The minimum Gasteiger partial charge on any atom is -0.310 e. The summed E-state index contributed by atoms with van der Waals surface area (Å²) in [6.45, 7) is 4.78. The van der Waals surface area contributed by atoms with Crippen molar-refractivity contribution in [1.82, 2.24) is 4.57 Å². The van der Waals surface area contributed by atoms with Gasteiger partial charge in [0.15, 0.2) is 0 Å². The van der Waals surface area contributed by atoms with Gasteiger partial charge in [-0.1, -0.05) is 172 Å². The lowest BCUT2D eigenvalue weighted by molar-refractivity contribution is 0.630.